The third-order valence-corrected chi connectivity index (χ3v) is 2.29. The molecule has 0 spiro atoms. The zero-order valence-corrected chi connectivity index (χ0v) is 10.1. The van der Waals surface area contributed by atoms with E-state index in [1.165, 1.54) is 23.2 Å². The summed E-state index contributed by atoms with van der Waals surface area (Å²) in [7, 11) is 0. The zero-order chi connectivity index (χ0) is 13.5. The smallest absolute Gasteiger partial charge is 0.255 e. The third kappa shape index (κ3) is 3.62. The van der Waals surface area contributed by atoms with E-state index in [4.69, 9.17) is 10.9 Å². The molecule has 0 bridgehead atoms. The number of carbonyl (C=O) groups is 1. The highest BCUT2D eigenvalue weighted by Crippen LogP contribution is 2.03. The molecule has 0 aliphatic heterocycles. The molecule has 7 heteroatoms. The van der Waals surface area contributed by atoms with Crippen LogP contribution in [0.25, 0.3) is 0 Å². The number of rotatable bonds is 5. The molecular weight excluding hydrogens is 236 g/mol. The van der Waals surface area contributed by atoms with Gasteiger partial charge < -0.3 is 20.8 Å². The van der Waals surface area contributed by atoms with Crippen LogP contribution in [0.3, 0.4) is 0 Å². The van der Waals surface area contributed by atoms with Gasteiger partial charge in [-0.25, -0.2) is 0 Å². The summed E-state index contributed by atoms with van der Waals surface area (Å²) in [6, 6.07) is 2.72. The fourth-order valence-corrected chi connectivity index (χ4v) is 1.48. The van der Waals surface area contributed by atoms with Gasteiger partial charge in [-0.15, -0.1) is 0 Å². The fraction of sp³-hybridized carbons (Fsp3) is 0.364. The Morgan fingerprint density at radius 1 is 1.56 bits per heavy atom. The molecule has 18 heavy (non-hydrogen) atoms. The zero-order valence-electron chi connectivity index (χ0n) is 10.1. The van der Waals surface area contributed by atoms with E-state index in [-0.39, 0.29) is 23.8 Å². The number of hydrogen-bond donors (Lipinski definition) is 3. The summed E-state index contributed by atoms with van der Waals surface area (Å²) in [5.74, 6) is -0.319. The molecule has 0 fully saturated rings. The van der Waals surface area contributed by atoms with Crippen LogP contribution in [0, 0.1) is 0 Å². The average Bonchev–Trinajstić information content (AvgIpc) is 2.38. The van der Waals surface area contributed by atoms with Crippen molar-refractivity contribution < 1.29 is 10.0 Å². The monoisotopic (exact) mass is 252 g/mol. The second-order valence-electron chi connectivity index (χ2n) is 3.76. The summed E-state index contributed by atoms with van der Waals surface area (Å²) < 4.78 is 0. The highest BCUT2D eigenvalue weighted by Gasteiger charge is 2.16. The molecule has 0 atom stereocenters. The molecular formula is C11H16N4O3. The van der Waals surface area contributed by atoms with Crippen LogP contribution in [0.5, 0.6) is 0 Å². The quantitative estimate of drug-likeness (QED) is 0.296. The number of aromatic nitrogens is 1. The Bertz CT molecular complexity index is 475. The first-order valence-electron chi connectivity index (χ1n) is 5.53. The van der Waals surface area contributed by atoms with Crippen molar-refractivity contribution in [1.29, 1.82) is 0 Å². The number of amidine groups is 1. The lowest BCUT2D eigenvalue weighted by Gasteiger charge is -2.21. The Labute approximate surface area is 104 Å². The maximum absolute atomic E-state index is 12.1. The predicted molar refractivity (Wildman–Crippen MR) is 66.7 cm³/mol. The van der Waals surface area contributed by atoms with Crippen LogP contribution < -0.4 is 11.3 Å². The standard InChI is InChI=1S/C11H16N4O3/c1-2-5-15(7-9(12)14-18)11(17)8-3-4-10(16)13-6-8/h3-4,6,18H,2,5,7H2,1H3,(H2,12,14)(H,13,16). The molecule has 0 aliphatic rings. The number of nitrogens with zero attached hydrogens (tertiary/aromatic N) is 2. The number of carbonyl (C=O) groups excluding carboxylic acids is 1. The van der Waals surface area contributed by atoms with Gasteiger partial charge in [0.05, 0.1) is 12.1 Å². The lowest BCUT2D eigenvalue weighted by atomic mass is 10.2. The first-order chi connectivity index (χ1) is 8.58. The number of nitrogens with one attached hydrogen (secondary N) is 1. The maximum Gasteiger partial charge on any atom is 0.255 e. The number of nitrogens with two attached hydrogens (primary N) is 1. The molecule has 0 unspecified atom stereocenters. The van der Waals surface area contributed by atoms with Gasteiger partial charge in [-0.05, 0) is 12.5 Å². The Morgan fingerprint density at radius 2 is 2.28 bits per heavy atom. The van der Waals surface area contributed by atoms with Crippen molar-refractivity contribution >= 4 is 11.7 Å². The van der Waals surface area contributed by atoms with E-state index in [0.29, 0.717) is 12.1 Å². The van der Waals surface area contributed by atoms with Crippen molar-refractivity contribution in [3.05, 3.63) is 34.2 Å². The summed E-state index contributed by atoms with van der Waals surface area (Å²) in [4.78, 5) is 26.9. The van der Waals surface area contributed by atoms with E-state index in [0.717, 1.165) is 6.42 Å². The number of aromatic amines is 1. The minimum absolute atomic E-state index is 0.0405. The minimum atomic E-state index is -0.278. The van der Waals surface area contributed by atoms with Crippen molar-refractivity contribution in [2.24, 2.45) is 10.9 Å². The molecule has 1 aromatic heterocycles. The van der Waals surface area contributed by atoms with Gasteiger partial charge in [0.2, 0.25) is 5.56 Å². The number of H-pyrrole nitrogens is 1. The Kier molecular flexibility index (Phi) is 4.91. The summed E-state index contributed by atoms with van der Waals surface area (Å²) >= 11 is 0. The molecule has 0 radical (unpaired) electrons. The molecule has 0 aromatic carbocycles. The molecule has 0 saturated heterocycles. The summed E-state index contributed by atoms with van der Waals surface area (Å²) in [6.07, 6.45) is 2.09. The van der Waals surface area contributed by atoms with Crippen LogP contribution in [-0.4, -0.2) is 39.9 Å². The van der Waals surface area contributed by atoms with E-state index < -0.39 is 0 Å². The molecule has 7 nitrogen and oxygen atoms in total. The van der Waals surface area contributed by atoms with Gasteiger partial charge in [-0.2, -0.15) is 0 Å². The number of hydrogen-bond acceptors (Lipinski definition) is 4. The second-order valence-corrected chi connectivity index (χ2v) is 3.76. The Balaban J connectivity index is 2.88. The molecule has 98 valence electrons. The van der Waals surface area contributed by atoms with Crippen LogP contribution in [-0.2, 0) is 0 Å². The molecule has 0 aliphatic carbocycles. The van der Waals surface area contributed by atoms with Gasteiger partial charge in [0.1, 0.15) is 0 Å². The Morgan fingerprint density at radius 3 is 2.78 bits per heavy atom. The van der Waals surface area contributed by atoms with Gasteiger partial charge in [0, 0.05) is 18.8 Å². The lowest BCUT2D eigenvalue weighted by molar-refractivity contribution is 0.0778. The van der Waals surface area contributed by atoms with Gasteiger partial charge in [0.25, 0.3) is 5.91 Å². The third-order valence-electron chi connectivity index (χ3n) is 2.29. The van der Waals surface area contributed by atoms with Crippen LogP contribution in [0.2, 0.25) is 0 Å². The van der Waals surface area contributed by atoms with Crippen molar-refractivity contribution in [2.45, 2.75) is 13.3 Å². The summed E-state index contributed by atoms with van der Waals surface area (Å²) in [5.41, 5.74) is 5.47. The number of oxime groups is 1. The Hall–Kier alpha value is -2.31. The topological polar surface area (TPSA) is 112 Å². The van der Waals surface area contributed by atoms with E-state index in [1.807, 2.05) is 6.92 Å². The maximum atomic E-state index is 12.1. The first-order valence-corrected chi connectivity index (χ1v) is 5.53. The van der Waals surface area contributed by atoms with Crippen LogP contribution in [0.4, 0.5) is 0 Å². The highest BCUT2D eigenvalue weighted by atomic mass is 16.4. The molecule has 1 rings (SSSR count). The predicted octanol–water partition coefficient (Wildman–Crippen LogP) is -0.0265. The molecule has 4 N–H and O–H groups in total. The van der Waals surface area contributed by atoms with Gasteiger partial charge in [-0.1, -0.05) is 12.1 Å². The second kappa shape index (κ2) is 6.43. The van der Waals surface area contributed by atoms with Gasteiger partial charge in [-0.3, -0.25) is 9.59 Å². The SMILES string of the molecule is CCCN(C/C(N)=N/O)C(=O)c1ccc(=O)[nH]c1. The summed E-state index contributed by atoms with van der Waals surface area (Å²) in [5, 5.41) is 11.4. The van der Waals surface area contributed by atoms with Crippen molar-refractivity contribution in [1.82, 2.24) is 9.88 Å². The van der Waals surface area contributed by atoms with E-state index in [9.17, 15) is 9.59 Å². The molecule has 1 aromatic rings. The fourth-order valence-electron chi connectivity index (χ4n) is 1.48. The van der Waals surface area contributed by atoms with E-state index in [1.54, 1.807) is 0 Å². The van der Waals surface area contributed by atoms with Gasteiger partial charge >= 0.3 is 0 Å². The summed E-state index contributed by atoms with van der Waals surface area (Å²) in [6.45, 7) is 2.44. The van der Waals surface area contributed by atoms with Crippen LogP contribution >= 0.6 is 0 Å². The van der Waals surface area contributed by atoms with Crippen LogP contribution in [0.1, 0.15) is 23.7 Å². The lowest BCUT2D eigenvalue weighted by Crippen LogP contribution is -2.39. The normalized spacial score (nSPS) is 11.3. The average molecular weight is 252 g/mol. The van der Waals surface area contributed by atoms with Crippen molar-refractivity contribution in [3.63, 3.8) is 0 Å². The van der Waals surface area contributed by atoms with Crippen molar-refractivity contribution in [3.8, 4) is 0 Å². The molecule has 0 saturated carbocycles. The first kappa shape index (κ1) is 13.8. The number of amides is 1. The van der Waals surface area contributed by atoms with E-state index in [2.05, 4.69) is 10.1 Å². The van der Waals surface area contributed by atoms with E-state index >= 15 is 0 Å². The van der Waals surface area contributed by atoms with Crippen LogP contribution in [0.15, 0.2) is 28.3 Å². The van der Waals surface area contributed by atoms with Gasteiger partial charge in [0.15, 0.2) is 5.84 Å². The highest BCUT2D eigenvalue weighted by molar-refractivity contribution is 5.96. The molecule has 1 amide bonds. The molecule has 1 heterocycles. The minimum Gasteiger partial charge on any atom is -0.409 e. The van der Waals surface area contributed by atoms with Crippen molar-refractivity contribution in [2.75, 3.05) is 13.1 Å². The number of pyridine rings is 1. The largest absolute Gasteiger partial charge is 0.409 e.